The van der Waals surface area contributed by atoms with Crippen molar-refractivity contribution >= 4 is 6.03 Å². The van der Waals surface area contributed by atoms with Crippen molar-refractivity contribution in [3.8, 4) is 0 Å². The number of piperazine rings is 1. The minimum absolute atomic E-state index is 0.314. The van der Waals surface area contributed by atoms with Crippen molar-refractivity contribution in [2.45, 2.75) is 72.3 Å². The lowest BCUT2D eigenvalue weighted by Crippen LogP contribution is -2.49. The highest BCUT2D eigenvalue weighted by Gasteiger charge is 2.30. The predicted octanol–water partition coefficient (Wildman–Crippen LogP) is 3.99. The molecule has 5 nitrogen and oxygen atoms in total. The summed E-state index contributed by atoms with van der Waals surface area (Å²) in [5.74, 6) is 2.38. The van der Waals surface area contributed by atoms with Crippen LogP contribution < -0.4 is 0 Å². The lowest BCUT2D eigenvalue weighted by molar-refractivity contribution is 0.100. The highest BCUT2D eigenvalue weighted by molar-refractivity contribution is 5.74. The zero-order valence-corrected chi connectivity index (χ0v) is 19.6. The van der Waals surface area contributed by atoms with E-state index in [0.29, 0.717) is 12.1 Å². The minimum atomic E-state index is 0.314. The molecule has 0 bridgehead atoms. The average molecular weight is 407 g/mol. The molecular weight excluding hydrogens is 360 g/mol. The van der Waals surface area contributed by atoms with Crippen LogP contribution in [0.3, 0.4) is 0 Å². The highest BCUT2D eigenvalue weighted by atomic mass is 16.2. The van der Waals surface area contributed by atoms with Crippen molar-refractivity contribution in [3.05, 3.63) is 0 Å². The van der Waals surface area contributed by atoms with Gasteiger partial charge in [-0.25, -0.2) is 4.79 Å². The molecule has 0 atom stereocenters. The van der Waals surface area contributed by atoms with Crippen LogP contribution in [0.15, 0.2) is 0 Å². The molecule has 3 saturated heterocycles. The lowest BCUT2D eigenvalue weighted by Gasteiger charge is -2.39. The van der Waals surface area contributed by atoms with E-state index in [1.807, 2.05) is 0 Å². The van der Waals surface area contributed by atoms with Gasteiger partial charge in [0.05, 0.1) is 0 Å². The Bertz CT molecular complexity index is 485. The van der Waals surface area contributed by atoms with Crippen molar-refractivity contribution in [3.63, 3.8) is 0 Å². The van der Waals surface area contributed by atoms with Gasteiger partial charge in [-0.15, -0.1) is 0 Å². The number of carbonyl (C=O) groups is 1. The number of rotatable bonds is 6. The molecule has 0 aromatic heterocycles. The van der Waals surface area contributed by atoms with E-state index in [0.717, 1.165) is 43.9 Å². The van der Waals surface area contributed by atoms with Gasteiger partial charge < -0.3 is 14.7 Å². The number of likely N-dealkylation sites (tertiary alicyclic amines) is 2. The maximum absolute atomic E-state index is 12.9. The van der Waals surface area contributed by atoms with Crippen molar-refractivity contribution in [1.82, 2.24) is 19.6 Å². The molecule has 168 valence electrons. The molecule has 0 aromatic rings. The van der Waals surface area contributed by atoms with Crippen LogP contribution in [-0.2, 0) is 0 Å². The Morgan fingerprint density at radius 3 is 1.86 bits per heavy atom. The number of urea groups is 1. The lowest BCUT2D eigenvalue weighted by atomic mass is 9.87. The SMILES string of the molecule is CC(C)C1CCN(C(=O)N2CCC(CCCN3CCN(C(C)C)CC3)CC2)CC1. The smallest absolute Gasteiger partial charge is 0.319 e. The first-order valence-corrected chi connectivity index (χ1v) is 12.4. The largest absolute Gasteiger partial charge is 0.325 e. The van der Waals surface area contributed by atoms with Crippen LogP contribution in [0.2, 0.25) is 0 Å². The maximum Gasteiger partial charge on any atom is 0.319 e. The maximum atomic E-state index is 12.9. The van der Waals surface area contributed by atoms with E-state index < -0.39 is 0 Å². The van der Waals surface area contributed by atoms with Gasteiger partial charge in [-0.05, 0) is 76.7 Å². The number of hydrogen-bond donors (Lipinski definition) is 0. The molecule has 3 heterocycles. The zero-order chi connectivity index (χ0) is 20.8. The van der Waals surface area contributed by atoms with Crippen LogP contribution in [0.1, 0.15) is 66.2 Å². The predicted molar refractivity (Wildman–Crippen MR) is 121 cm³/mol. The van der Waals surface area contributed by atoms with Gasteiger partial charge in [-0.2, -0.15) is 0 Å². The van der Waals surface area contributed by atoms with Crippen LogP contribution in [-0.4, -0.2) is 90.6 Å². The molecule has 0 saturated carbocycles. The summed E-state index contributed by atoms with van der Waals surface area (Å²) in [5, 5.41) is 0. The molecule has 3 rings (SSSR count). The van der Waals surface area contributed by atoms with Crippen LogP contribution in [0.25, 0.3) is 0 Å². The quantitative estimate of drug-likeness (QED) is 0.668. The topological polar surface area (TPSA) is 30.0 Å². The molecule has 29 heavy (non-hydrogen) atoms. The number of nitrogens with zero attached hydrogens (tertiary/aromatic N) is 4. The fourth-order valence-electron chi connectivity index (χ4n) is 5.48. The Balaban J connectivity index is 1.28. The summed E-state index contributed by atoms with van der Waals surface area (Å²) >= 11 is 0. The molecular formula is C24H46N4O. The summed E-state index contributed by atoms with van der Waals surface area (Å²) in [6.45, 7) is 19.3. The number of amides is 2. The van der Waals surface area contributed by atoms with Crippen LogP contribution in [0.4, 0.5) is 4.79 Å². The van der Waals surface area contributed by atoms with Gasteiger partial charge in [0.25, 0.3) is 0 Å². The second-order valence-corrected chi connectivity index (χ2v) is 10.4. The van der Waals surface area contributed by atoms with Gasteiger partial charge >= 0.3 is 6.03 Å². The van der Waals surface area contributed by atoms with Crippen molar-refractivity contribution in [2.75, 3.05) is 58.9 Å². The first-order valence-electron chi connectivity index (χ1n) is 12.4. The van der Waals surface area contributed by atoms with Gasteiger partial charge in [0.15, 0.2) is 0 Å². The zero-order valence-electron chi connectivity index (χ0n) is 19.6. The van der Waals surface area contributed by atoms with Crippen LogP contribution >= 0.6 is 0 Å². The van der Waals surface area contributed by atoms with Crippen LogP contribution in [0, 0.1) is 17.8 Å². The van der Waals surface area contributed by atoms with E-state index in [-0.39, 0.29) is 0 Å². The van der Waals surface area contributed by atoms with Gasteiger partial charge in [-0.1, -0.05) is 13.8 Å². The molecule has 3 fully saturated rings. The van der Waals surface area contributed by atoms with Crippen molar-refractivity contribution < 1.29 is 4.79 Å². The second-order valence-electron chi connectivity index (χ2n) is 10.4. The third kappa shape index (κ3) is 6.58. The van der Waals surface area contributed by atoms with E-state index in [4.69, 9.17) is 0 Å². The van der Waals surface area contributed by atoms with Crippen LogP contribution in [0.5, 0.6) is 0 Å². The Kier molecular flexibility index (Phi) is 8.67. The molecule has 5 heteroatoms. The molecule has 0 aromatic carbocycles. The summed E-state index contributed by atoms with van der Waals surface area (Å²) in [4.78, 5) is 22.4. The Morgan fingerprint density at radius 2 is 1.34 bits per heavy atom. The summed E-state index contributed by atoms with van der Waals surface area (Å²) in [7, 11) is 0. The average Bonchev–Trinajstić information content (AvgIpc) is 2.74. The number of piperidine rings is 2. The summed E-state index contributed by atoms with van der Waals surface area (Å²) in [6, 6.07) is 1.00. The molecule has 3 aliphatic rings. The number of hydrogen-bond acceptors (Lipinski definition) is 3. The van der Waals surface area contributed by atoms with E-state index in [2.05, 4.69) is 47.3 Å². The summed E-state index contributed by atoms with van der Waals surface area (Å²) in [5.41, 5.74) is 0. The Labute approximate surface area is 179 Å². The fourth-order valence-corrected chi connectivity index (χ4v) is 5.48. The Morgan fingerprint density at radius 1 is 0.793 bits per heavy atom. The van der Waals surface area contributed by atoms with E-state index in [1.54, 1.807) is 0 Å². The highest BCUT2D eigenvalue weighted by Crippen LogP contribution is 2.27. The fraction of sp³-hybridized carbons (Fsp3) is 0.958. The first kappa shape index (κ1) is 22.9. The molecule has 0 radical (unpaired) electrons. The van der Waals surface area contributed by atoms with E-state index in [9.17, 15) is 4.79 Å². The van der Waals surface area contributed by atoms with Gasteiger partial charge in [0.2, 0.25) is 0 Å². The molecule has 2 amide bonds. The van der Waals surface area contributed by atoms with Gasteiger partial charge in [-0.3, -0.25) is 4.90 Å². The standard InChI is InChI=1S/C24H46N4O/c1-20(2)23-9-14-28(15-10-23)24(29)27-12-7-22(8-13-27)6-5-11-25-16-18-26(19-17-25)21(3)4/h20-23H,5-19H2,1-4H3. The first-order chi connectivity index (χ1) is 13.9. The van der Waals surface area contributed by atoms with E-state index in [1.165, 1.54) is 71.2 Å². The molecule has 0 N–H and O–H groups in total. The van der Waals surface area contributed by atoms with E-state index >= 15 is 0 Å². The Hall–Kier alpha value is -0.810. The summed E-state index contributed by atoms with van der Waals surface area (Å²) in [6.07, 6.45) is 7.44. The normalized spacial score (nSPS) is 24.1. The molecule has 0 spiro atoms. The molecule has 0 aliphatic carbocycles. The van der Waals surface area contributed by atoms with Gasteiger partial charge in [0.1, 0.15) is 0 Å². The third-order valence-electron chi connectivity index (χ3n) is 7.86. The third-order valence-corrected chi connectivity index (χ3v) is 7.86. The summed E-state index contributed by atoms with van der Waals surface area (Å²) < 4.78 is 0. The number of carbonyl (C=O) groups excluding carboxylic acids is 1. The van der Waals surface area contributed by atoms with Gasteiger partial charge in [0, 0.05) is 58.4 Å². The molecule has 3 aliphatic heterocycles. The van der Waals surface area contributed by atoms with Crippen molar-refractivity contribution in [2.24, 2.45) is 17.8 Å². The molecule has 0 unspecified atom stereocenters. The minimum Gasteiger partial charge on any atom is -0.325 e. The second kappa shape index (κ2) is 11.0. The van der Waals surface area contributed by atoms with Crippen molar-refractivity contribution in [1.29, 1.82) is 0 Å². The monoisotopic (exact) mass is 406 g/mol.